The molecule has 0 aliphatic heterocycles. The van der Waals surface area contributed by atoms with E-state index in [0.29, 0.717) is 25.7 Å². The largest absolute Gasteiger partial charge is 0.472 e. The quantitative estimate of drug-likeness (QED) is 0.0222. The predicted octanol–water partition coefficient (Wildman–Crippen LogP) is 28.3. The fraction of sp³-hybridized carbons (Fsp3) is 0.956. The number of hydrogen-bond donors (Lipinski definition) is 3. The van der Waals surface area contributed by atoms with E-state index in [0.717, 1.165) is 95.8 Å². The number of unbranched alkanes of at least 4 members (excludes halogenated alkanes) is 63. The van der Waals surface area contributed by atoms with Gasteiger partial charge in [-0.25, -0.2) is 9.13 Å². The van der Waals surface area contributed by atoms with Gasteiger partial charge in [-0.15, -0.1) is 0 Å². The monoisotopic (exact) mass is 1610 g/mol. The van der Waals surface area contributed by atoms with Crippen LogP contribution in [0.25, 0.3) is 0 Å². The highest BCUT2D eigenvalue weighted by atomic mass is 31.2. The molecule has 0 aromatic carbocycles. The van der Waals surface area contributed by atoms with Crippen LogP contribution in [0.1, 0.15) is 497 Å². The van der Waals surface area contributed by atoms with Gasteiger partial charge in [0.25, 0.3) is 0 Å². The third kappa shape index (κ3) is 84.0. The first kappa shape index (κ1) is 108. The molecule has 110 heavy (non-hydrogen) atoms. The summed E-state index contributed by atoms with van der Waals surface area (Å²) in [6, 6.07) is 0. The van der Waals surface area contributed by atoms with Crippen LogP contribution in [0, 0.1) is 5.92 Å². The van der Waals surface area contributed by atoms with Gasteiger partial charge in [0.05, 0.1) is 26.4 Å². The number of carbonyl (C=O) groups excluding carboxylic acids is 4. The minimum atomic E-state index is -4.97. The molecular weight excluding hydrogens is 1430 g/mol. The molecule has 0 saturated heterocycles. The Bertz CT molecular complexity index is 2080. The standard InChI is InChI=1S/C91H178O17P2/c1-6-9-12-15-18-21-24-26-28-30-32-33-38-41-45-50-55-60-65-70-75-89(94)102-81-87(108-91(96)77-72-67-62-57-52-47-43-39-35-34-36-40-44-49-53-58-63-68-73-84(4)5)83-106-110(99,100)104-79-85(92)78-103-109(97,98)105-82-86(80-101-88(93)74-69-64-59-54-48-23-20-17-14-11-8-3)107-90(95)76-71-66-61-56-51-46-42-37-31-29-27-25-22-19-16-13-10-7-2/h84-87,92H,6-83H2,1-5H3,(H,97,98)(H,99,100)/t85-,86+,87+/m0/s1. The van der Waals surface area contributed by atoms with Crippen LogP contribution >= 0.6 is 15.6 Å². The summed E-state index contributed by atoms with van der Waals surface area (Å²) in [6.45, 7) is 7.43. The molecule has 0 heterocycles. The first-order chi connectivity index (χ1) is 53.5. The van der Waals surface area contributed by atoms with E-state index in [1.165, 1.54) is 321 Å². The lowest BCUT2D eigenvalue weighted by molar-refractivity contribution is -0.161. The minimum Gasteiger partial charge on any atom is -0.462 e. The number of aliphatic hydroxyl groups is 1. The molecule has 0 saturated carbocycles. The van der Waals surface area contributed by atoms with Gasteiger partial charge in [-0.3, -0.25) is 37.3 Å². The average Bonchev–Trinajstić information content (AvgIpc) is 0.898. The SMILES string of the molecule is CCCCCCCCCCCCCCCCCCCCCCC(=O)OC[C@H](COP(=O)(O)OC[C@@H](O)COP(=O)(O)OC[C@@H](COC(=O)CCCCCCCCCCCCC)OC(=O)CCCCCCCCCCCCCCCCCCCC)OC(=O)CCCCCCCCCCCCCCCCCCCCC(C)C. The van der Waals surface area contributed by atoms with Gasteiger partial charge in [0, 0.05) is 25.7 Å². The van der Waals surface area contributed by atoms with E-state index in [9.17, 15) is 43.2 Å². The molecular formula is C91H178O17P2. The zero-order chi connectivity index (χ0) is 80.4. The summed E-state index contributed by atoms with van der Waals surface area (Å²) in [5.41, 5.74) is 0. The van der Waals surface area contributed by atoms with Crippen LogP contribution in [0.3, 0.4) is 0 Å². The summed E-state index contributed by atoms with van der Waals surface area (Å²) in [5, 5.41) is 10.7. The average molecular weight is 1610 g/mol. The maximum atomic E-state index is 13.2. The van der Waals surface area contributed by atoms with E-state index >= 15 is 0 Å². The van der Waals surface area contributed by atoms with Crippen molar-refractivity contribution in [2.75, 3.05) is 39.6 Å². The Balaban J connectivity index is 5.23. The maximum absolute atomic E-state index is 13.2. The van der Waals surface area contributed by atoms with Crippen molar-refractivity contribution in [2.24, 2.45) is 5.92 Å². The smallest absolute Gasteiger partial charge is 0.462 e. The summed E-state index contributed by atoms with van der Waals surface area (Å²) in [4.78, 5) is 73.4. The molecule has 5 atom stereocenters. The van der Waals surface area contributed by atoms with E-state index in [1.807, 2.05) is 0 Å². The van der Waals surface area contributed by atoms with Gasteiger partial charge in [-0.05, 0) is 31.6 Å². The van der Waals surface area contributed by atoms with Gasteiger partial charge in [0.2, 0.25) is 0 Å². The van der Waals surface area contributed by atoms with Crippen LogP contribution in [0.4, 0.5) is 0 Å². The van der Waals surface area contributed by atoms with Crippen molar-refractivity contribution in [1.82, 2.24) is 0 Å². The molecule has 0 bridgehead atoms. The summed E-state index contributed by atoms with van der Waals surface area (Å²) < 4.78 is 69.1. The van der Waals surface area contributed by atoms with Gasteiger partial charge >= 0.3 is 39.5 Å². The second-order valence-corrected chi connectivity index (χ2v) is 36.1. The highest BCUT2D eigenvalue weighted by Gasteiger charge is 2.31. The van der Waals surface area contributed by atoms with E-state index in [2.05, 4.69) is 34.6 Å². The molecule has 0 aromatic rings. The summed E-state index contributed by atoms with van der Waals surface area (Å²) in [7, 11) is -9.93. The summed E-state index contributed by atoms with van der Waals surface area (Å²) in [6.07, 6.45) is 79.2. The van der Waals surface area contributed by atoms with E-state index in [-0.39, 0.29) is 25.7 Å². The van der Waals surface area contributed by atoms with E-state index in [4.69, 9.17) is 37.0 Å². The lowest BCUT2D eigenvalue weighted by Gasteiger charge is -2.21. The van der Waals surface area contributed by atoms with E-state index < -0.39 is 97.5 Å². The van der Waals surface area contributed by atoms with Gasteiger partial charge in [0.1, 0.15) is 19.3 Å². The Kier molecular flexibility index (Phi) is 82.1. The number of hydrogen-bond acceptors (Lipinski definition) is 15. The molecule has 0 aromatic heterocycles. The van der Waals surface area contributed by atoms with Crippen LogP contribution in [0.5, 0.6) is 0 Å². The zero-order valence-electron chi connectivity index (χ0n) is 72.4. The molecule has 0 radical (unpaired) electrons. The molecule has 2 unspecified atom stereocenters. The van der Waals surface area contributed by atoms with Crippen molar-refractivity contribution in [1.29, 1.82) is 0 Å². The third-order valence-corrected chi connectivity index (χ3v) is 23.4. The van der Waals surface area contributed by atoms with Crippen molar-refractivity contribution in [3.63, 3.8) is 0 Å². The molecule has 3 N–H and O–H groups in total. The first-order valence-corrected chi connectivity index (χ1v) is 50.1. The van der Waals surface area contributed by atoms with Crippen LogP contribution in [-0.4, -0.2) is 96.7 Å². The number of esters is 4. The number of rotatable bonds is 91. The van der Waals surface area contributed by atoms with Crippen LogP contribution in [0.15, 0.2) is 0 Å². The molecule has 0 rings (SSSR count). The fourth-order valence-corrected chi connectivity index (χ4v) is 15.9. The lowest BCUT2D eigenvalue weighted by atomic mass is 10.0. The number of aliphatic hydroxyl groups excluding tert-OH is 1. The molecule has 0 aliphatic carbocycles. The highest BCUT2D eigenvalue weighted by molar-refractivity contribution is 7.47. The second-order valence-electron chi connectivity index (χ2n) is 33.2. The van der Waals surface area contributed by atoms with Crippen molar-refractivity contribution in [3.05, 3.63) is 0 Å². The van der Waals surface area contributed by atoms with E-state index in [1.54, 1.807) is 0 Å². The molecule has 654 valence electrons. The molecule has 17 nitrogen and oxygen atoms in total. The molecule has 0 spiro atoms. The highest BCUT2D eigenvalue weighted by Crippen LogP contribution is 2.45. The van der Waals surface area contributed by atoms with Crippen LogP contribution < -0.4 is 0 Å². The minimum absolute atomic E-state index is 0.109. The molecule has 0 aliphatic rings. The van der Waals surface area contributed by atoms with Crippen molar-refractivity contribution in [3.8, 4) is 0 Å². The second kappa shape index (κ2) is 83.5. The number of phosphoric acid groups is 2. The lowest BCUT2D eigenvalue weighted by Crippen LogP contribution is -2.30. The number of ether oxygens (including phenoxy) is 4. The Morgan fingerprint density at radius 2 is 0.418 bits per heavy atom. The predicted molar refractivity (Wildman–Crippen MR) is 455 cm³/mol. The normalized spacial score (nSPS) is 13.7. The topological polar surface area (TPSA) is 237 Å². The molecule has 19 heteroatoms. The van der Waals surface area contributed by atoms with Gasteiger partial charge < -0.3 is 33.8 Å². The first-order valence-electron chi connectivity index (χ1n) is 47.1. The Morgan fingerprint density at radius 3 is 0.618 bits per heavy atom. The van der Waals surface area contributed by atoms with Crippen molar-refractivity contribution < 1.29 is 80.2 Å². The summed E-state index contributed by atoms with van der Waals surface area (Å²) >= 11 is 0. The van der Waals surface area contributed by atoms with Gasteiger partial charge in [0.15, 0.2) is 12.2 Å². The van der Waals surface area contributed by atoms with Crippen molar-refractivity contribution in [2.45, 2.75) is 515 Å². The van der Waals surface area contributed by atoms with Crippen LogP contribution in [-0.2, 0) is 65.4 Å². The zero-order valence-corrected chi connectivity index (χ0v) is 74.2. The van der Waals surface area contributed by atoms with Crippen LogP contribution in [0.2, 0.25) is 0 Å². The van der Waals surface area contributed by atoms with Gasteiger partial charge in [-0.1, -0.05) is 446 Å². The number of phosphoric ester groups is 2. The Hall–Kier alpha value is -1.94. The third-order valence-electron chi connectivity index (χ3n) is 21.5. The maximum Gasteiger partial charge on any atom is 0.472 e. The Morgan fingerprint density at radius 1 is 0.245 bits per heavy atom. The van der Waals surface area contributed by atoms with Crippen molar-refractivity contribution >= 4 is 39.5 Å². The van der Waals surface area contributed by atoms with Gasteiger partial charge in [-0.2, -0.15) is 0 Å². The molecule has 0 amide bonds. The fourth-order valence-electron chi connectivity index (χ4n) is 14.4. The summed E-state index contributed by atoms with van der Waals surface area (Å²) in [5.74, 6) is -1.27. The Labute approximate surface area is 677 Å². The number of carbonyl (C=O) groups is 4. The molecule has 0 fully saturated rings.